The van der Waals surface area contributed by atoms with Gasteiger partial charge < -0.3 is 5.32 Å². The zero-order chi connectivity index (χ0) is 12.3. The number of carbonyl (C=O) groups is 1. The Labute approximate surface area is 105 Å². The molecule has 2 rings (SSSR count). The smallest absolute Gasteiger partial charge is 0.221 e. The fraction of sp³-hybridized carbons (Fsp3) is 0.0714. The first-order chi connectivity index (χ1) is 8.18. The van der Waals surface area contributed by atoms with Gasteiger partial charge in [-0.25, -0.2) is 0 Å². The Balaban J connectivity index is 2.54. The molecule has 1 amide bonds. The maximum atomic E-state index is 11.2. The largest absolute Gasteiger partial charge is 0.325 e. The fourth-order valence-corrected chi connectivity index (χ4v) is 1.91. The quantitative estimate of drug-likeness (QED) is 0.852. The van der Waals surface area contributed by atoms with Gasteiger partial charge >= 0.3 is 0 Å². The van der Waals surface area contributed by atoms with E-state index in [1.54, 1.807) is 6.07 Å². The van der Waals surface area contributed by atoms with Gasteiger partial charge in [-0.2, -0.15) is 0 Å². The van der Waals surface area contributed by atoms with Gasteiger partial charge in [0.2, 0.25) is 5.91 Å². The number of rotatable bonds is 2. The molecule has 0 aliphatic heterocycles. The Morgan fingerprint density at radius 2 is 1.76 bits per heavy atom. The summed E-state index contributed by atoms with van der Waals surface area (Å²) in [5.74, 6) is -0.129. The lowest BCUT2D eigenvalue weighted by Gasteiger charge is -2.11. The molecule has 0 fully saturated rings. The zero-order valence-electron chi connectivity index (χ0n) is 9.41. The molecule has 3 heteroatoms. The van der Waals surface area contributed by atoms with E-state index in [0.29, 0.717) is 10.7 Å². The van der Waals surface area contributed by atoms with Crippen molar-refractivity contribution in [2.24, 2.45) is 0 Å². The first kappa shape index (κ1) is 11.7. The van der Waals surface area contributed by atoms with Crippen molar-refractivity contribution in [3.05, 3.63) is 53.6 Å². The van der Waals surface area contributed by atoms with Crippen molar-refractivity contribution in [3.63, 3.8) is 0 Å². The molecule has 0 heterocycles. The van der Waals surface area contributed by atoms with Crippen molar-refractivity contribution in [1.82, 2.24) is 0 Å². The standard InChI is InChI=1S/C14H12ClNO/c1-10(17)16-14-12(8-5-9-13(14)15)11-6-3-2-4-7-11/h2-9H,1H3,(H,16,17). The monoisotopic (exact) mass is 245 g/mol. The minimum absolute atomic E-state index is 0.129. The topological polar surface area (TPSA) is 29.1 Å². The van der Waals surface area contributed by atoms with Crippen molar-refractivity contribution in [2.75, 3.05) is 5.32 Å². The molecule has 0 atom stereocenters. The molecule has 0 aliphatic carbocycles. The first-order valence-electron chi connectivity index (χ1n) is 5.30. The SMILES string of the molecule is CC(=O)Nc1c(Cl)cccc1-c1ccccc1. The number of anilines is 1. The molecule has 1 N–H and O–H groups in total. The summed E-state index contributed by atoms with van der Waals surface area (Å²) < 4.78 is 0. The van der Waals surface area contributed by atoms with Crippen LogP contribution in [0.25, 0.3) is 11.1 Å². The van der Waals surface area contributed by atoms with Crippen LogP contribution >= 0.6 is 11.6 Å². The average Bonchev–Trinajstić information content (AvgIpc) is 2.32. The van der Waals surface area contributed by atoms with E-state index in [2.05, 4.69) is 5.32 Å². The lowest BCUT2D eigenvalue weighted by molar-refractivity contribution is -0.114. The van der Waals surface area contributed by atoms with Crippen LogP contribution in [0.4, 0.5) is 5.69 Å². The number of hydrogen-bond donors (Lipinski definition) is 1. The van der Waals surface area contributed by atoms with Crippen LogP contribution in [0, 0.1) is 0 Å². The summed E-state index contributed by atoms with van der Waals surface area (Å²) in [6, 6.07) is 15.4. The molecule has 0 radical (unpaired) electrons. The van der Waals surface area contributed by atoms with Gasteiger partial charge in [-0.05, 0) is 11.6 Å². The Bertz CT molecular complexity index is 537. The summed E-state index contributed by atoms with van der Waals surface area (Å²) in [7, 11) is 0. The second kappa shape index (κ2) is 5.02. The highest BCUT2D eigenvalue weighted by atomic mass is 35.5. The minimum Gasteiger partial charge on any atom is -0.325 e. The number of benzene rings is 2. The third kappa shape index (κ3) is 2.66. The van der Waals surface area contributed by atoms with E-state index in [0.717, 1.165) is 11.1 Å². The average molecular weight is 246 g/mol. The van der Waals surface area contributed by atoms with Crippen molar-refractivity contribution in [2.45, 2.75) is 6.92 Å². The Morgan fingerprint density at radius 1 is 1.06 bits per heavy atom. The summed E-state index contributed by atoms with van der Waals surface area (Å²) >= 11 is 6.11. The summed E-state index contributed by atoms with van der Waals surface area (Å²) in [6.45, 7) is 1.47. The van der Waals surface area contributed by atoms with E-state index < -0.39 is 0 Å². The fourth-order valence-electron chi connectivity index (χ4n) is 1.69. The predicted octanol–water partition coefficient (Wildman–Crippen LogP) is 3.97. The molecule has 86 valence electrons. The molecule has 0 saturated carbocycles. The molecule has 2 nitrogen and oxygen atoms in total. The summed E-state index contributed by atoms with van der Waals surface area (Å²) in [6.07, 6.45) is 0. The van der Waals surface area contributed by atoms with Crippen molar-refractivity contribution >= 4 is 23.2 Å². The Hall–Kier alpha value is -1.80. The van der Waals surface area contributed by atoms with Crippen LogP contribution in [0.5, 0.6) is 0 Å². The van der Waals surface area contributed by atoms with Gasteiger partial charge in [-0.3, -0.25) is 4.79 Å². The van der Waals surface area contributed by atoms with Gasteiger partial charge in [-0.15, -0.1) is 0 Å². The highest BCUT2D eigenvalue weighted by Crippen LogP contribution is 2.33. The third-order valence-corrected chi connectivity index (χ3v) is 2.71. The Morgan fingerprint density at radius 3 is 2.41 bits per heavy atom. The van der Waals surface area contributed by atoms with Crippen molar-refractivity contribution in [1.29, 1.82) is 0 Å². The molecule has 17 heavy (non-hydrogen) atoms. The van der Waals surface area contributed by atoms with E-state index in [1.165, 1.54) is 6.92 Å². The van der Waals surface area contributed by atoms with E-state index in [9.17, 15) is 4.79 Å². The molecular formula is C14H12ClNO. The molecule has 0 unspecified atom stereocenters. The van der Waals surface area contributed by atoms with Crippen LogP contribution in [-0.4, -0.2) is 5.91 Å². The number of nitrogens with one attached hydrogen (secondary N) is 1. The van der Waals surface area contributed by atoms with Crippen molar-refractivity contribution in [3.8, 4) is 11.1 Å². The maximum absolute atomic E-state index is 11.2. The van der Waals surface area contributed by atoms with Gasteiger partial charge in [0, 0.05) is 12.5 Å². The second-order valence-corrected chi connectivity index (χ2v) is 4.12. The van der Waals surface area contributed by atoms with Crippen molar-refractivity contribution < 1.29 is 4.79 Å². The van der Waals surface area contributed by atoms with Gasteiger partial charge in [0.15, 0.2) is 0 Å². The molecule has 0 saturated heterocycles. The number of amides is 1. The van der Waals surface area contributed by atoms with Gasteiger partial charge in [0.1, 0.15) is 0 Å². The second-order valence-electron chi connectivity index (χ2n) is 3.71. The van der Waals surface area contributed by atoms with Gasteiger partial charge in [0.25, 0.3) is 0 Å². The van der Waals surface area contributed by atoms with E-state index in [-0.39, 0.29) is 5.91 Å². The maximum Gasteiger partial charge on any atom is 0.221 e. The predicted molar refractivity (Wildman–Crippen MR) is 71.2 cm³/mol. The minimum atomic E-state index is -0.129. The molecule has 0 bridgehead atoms. The first-order valence-corrected chi connectivity index (χ1v) is 5.68. The lowest BCUT2D eigenvalue weighted by atomic mass is 10.0. The lowest BCUT2D eigenvalue weighted by Crippen LogP contribution is -2.07. The number of carbonyl (C=O) groups excluding carboxylic acids is 1. The number of para-hydroxylation sites is 1. The molecule has 0 aromatic heterocycles. The van der Waals surface area contributed by atoms with Crippen LogP contribution in [0.15, 0.2) is 48.5 Å². The van der Waals surface area contributed by atoms with E-state index in [1.807, 2.05) is 42.5 Å². The summed E-state index contributed by atoms with van der Waals surface area (Å²) in [4.78, 5) is 11.2. The van der Waals surface area contributed by atoms with Crippen LogP contribution < -0.4 is 5.32 Å². The van der Waals surface area contributed by atoms with Crippen LogP contribution in [0.2, 0.25) is 5.02 Å². The zero-order valence-corrected chi connectivity index (χ0v) is 10.2. The molecule has 0 spiro atoms. The molecule has 2 aromatic carbocycles. The summed E-state index contributed by atoms with van der Waals surface area (Å²) in [5.41, 5.74) is 2.61. The molecular weight excluding hydrogens is 234 g/mol. The van der Waals surface area contributed by atoms with Crippen LogP contribution in [-0.2, 0) is 4.79 Å². The molecule has 2 aromatic rings. The highest BCUT2D eigenvalue weighted by Gasteiger charge is 2.09. The van der Waals surface area contributed by atoms with Gasteiger partial charge in [0.05, 0.1) is 10.7 Å². The van der Waals surface area contributed by atoms with E-state index in [4.69, 9.17) is 11.6 Å². The van der Waals surface area contributed by atoms with E-state index >= 15 is 0 Å². The Kier molecular flexibility index (Phi) is 3.45. The highest BCUT2D eigenvalue weighted by molar-refractivity contribution is 6.34. The van der Waals surface area contributed by atoms with Crippen LogP contribution in [0.1, 0.15) is 6.92 Å². The number of halogens is 1. The third-order valence-electron chi connectivity index (χ3n) is 2.40. The van der Waals surface area contributed by atoms with Gasteiger partial charge in [-0.1, -0.05) is 54.1 Å². The van der Waals surface area contributed by atoms with Crippen LogP contribution in [0.3, 0.4) is 0 Å². The summed E-state index contributed by atoms with van der Waals surface area (Å²) in [5, 5.41) is 3.31. The normalized spacial score (nSPS) is 10.0. The number of hydrogen-bond acceptors (Lipinski definition) is 1. The molecule has 0 aliphatic rings.